The molecule has 1 aromatic rings. The summed E-state index contributed by atoms with van der Waals surface area (Å²) in [6.45, 7) is -3.32. The van der Waals surface area contributed by atoms with Crippen LogP contribution in [0.3, 0.4) is 0 Å². The number of aliphatic carboxylic acids is 1. The fourth-order valence-corrected chi connectivity index (χ4v) is 1.27. The molecule has 1 aromatic carbocycles. The monoisotopic (exact) mass is 265 g/mol. The van der Waals surface area contributed by atoms with Crippen molar-refractivity contribution in [2.45, 2.75) is 13.0 Å². The number of carboxylic acids is 1. The molecule has 0 amide bonds. The molecule has 0 fully saturated rings. The summed E-state index contributed by atoms with van der Waals surface area (Å²) in [6.07, 6.45) is -1.01. The predicted octanol–water partition coefficient (Wildman–Crippen LogP) is 1.96. The van der Waals surface area contributed by atoms with Crippen molar-refractivity contribution in [1.82, 2.24) is 0 Å². The molecular weight excluding hydrogens is 259 g/mol. The van der Waals surface area contributed by atoms with E-state index in [0.29, 0.717) is 12.1 Å². The second kappa shape index (κ2) is 5.34. The van der Waals surface area contributed by atoms with Crippen molar-refractivity contribution in [3.8, 4) is 5.75 Å². The van der Waals surface area contributed by atoms with Crippen molar-refractivity contribution in [3.05, 3.63) is 33.6 Å². The first-order valence-electron chi connectivity index (χ1n) is 4.45. The van der Waals surface area contributed by atoms with E-state index in [1.807, 2.05) is 0 Å². The van der Waals surface area contributed by atoms with Gasteiger partial charge in [-0.05, 0) is 6.07 Å². The Labute approximate surface area is 97.7 Å². The van der Waals surface area contributed by atoms with Crippen LogP contribution in [0.2, 0.25) is 0 Å². The summed E-state index contributed by atoms with van der Waals surface area (Å²) in [5.74, 6) is -3.95. The quantitative estimate of drug-likeness (QED) is 0.649. The lowest BCUT2D eigenvalue weighted by Crippen LogP contribution is -2.10. The molecule has 0 heterocycles. The molecule has 98 valence electrons. The lowest BCUT2D eigenvalue weighted by Gasteiger charge is -2.08. The van der Waals surface area contributed by atoms with Crippen LogP contribution in [-0.4, -0.2) is 22.6 Å². The predicted molar refractivity (Wildman–Crippen MR) is 51.0 cm³/mol. The third-order valence-corrected chi connectivity index (χ3v) is 1.92. The maximum atomic E-state index is 13.6. The minimum absolute atomic E-state index is 0.644. The zero-order chi connectivity index (χ0) is 13.9. The van der Waals surface area contributed by atoms with E-state index in [4.69, 9.17) is 5.11 Å². The van der Waals surface area contributed by atoms with E-state index in [1.165, 1.54) is 0 Å². The summed E-state index contributed by atoms with van der Waals surface area (Å²) in [5, 5.41) is 19.0. The van der Waals surface area contributed by atoms with Crippen molar-refractivity contribution in [2.75, 3.05) is 0 Å². The van der Waals surface area contributed by atoms with E-state index in [-0.39, 0.29) is 0 Å². The van der Waals surface area contributed by atoms with E-state index in [2.05, 4.69) is 4.74 Å². The van der Waals surface area contributed by atoms with Gasteiger partial charge in [-0.3, -0.25) is 14.9 Å². The Bertz CT molecular complexity index is 491. The summed E-state index contributed by atoms with van der Waals surface area (Å²) in [6, 6.07) is 1.35. The van der Waals surface area contributed by atoms with Crippen LogP contribution in [-0.2, 0) is 11.2 Å². The third-order valence-electron chi connectivity index (χ3n) is 1.92. The van der Waals surface area contributed by atoms with Gasteiger partial charge in [0.05, 0.1) is 16.9 Å². The number of hydrogen-bond acceptors (Lipinski definition) is 4. The Morgan fingerprint density at radius 1 is 1.50 bits per heavy atom. The maximum Gasteiger partial charge on any atom is 0.387 e. The number of halogens is 3. The normalized spacial score (nSPS) is 10.4. The Kier molecular flexibility index (Phi) is 4.08. The van der Waals surface area contributed by atoms with Gasteiger partial charge in [-0.15, -0.1) is 0 Å². The van der Waals surface area contributed by atoms with Crippen molar-refractivity contribution in [2.24, 2.45) is 0 Å². The second-order valence-electron chi connectivity index (χ2n) is 3.08. The molecule has 0 aliphatic rings. The number of nitro groups is 1. The molecule has 6 nitrogen and oxygen atoms in total. The number of rotatable bonds is 5. The highest BCUT2D eigenvalue weighted by molar-refractivity contribution is 5.72. The fraction of sp³-hybridized carbons (Fsp3) is 0.222. The number of ether oxygens (including phenoxy) is 1. The summed E-state index contributed by atoms with van der Waals surface area (Å²) < 4.78 is 41.2. The molecule has 0 spiro atoms. The second-order valence-corrected chi connectivity index (χ2v) is 3.08. The van der Waals surface area contributed by atoms with Crippen molar-refractivity contribution >= 4 is 11.7 Å². The summed E-state index contributed by atoms with van der Waals surface area (Å²) in [7, 11) is 0. The molecule has 0 radical (unpaired) electrons. The molecule has 0 bridgehead atoms. The molecule has 0 aliphatic heterocycles. The Morgan fingerprint density at radius 3 is 2.56 bits per heavy atom. The first-order chi connectivity index (χ1) is 8.32. The average molecular weight is 265 g/mol. The van der Waals surface area contributed by atoms with Gasteiger partial charge < -0.3 is 9.84 Å². The van der Waals surface area contributed by atoms with E-state index < -0.39 is 46.7 Å². The highest BCUT2D eigenvalue weighted by Gasteiger charge is 2.25. The lowest BCUT2D eigenvalue weighted by molar-refractivity contribution is -0.385. The number of carboxylic acid groups (broad SMARTS) is 1. The largest absolute Gasteiger partial charge is 0.481 e. The van der Waals surface area contributed by atoms with Gasteiger partial charge in [-0.25, -0.2) is 4.39 Å². The maximum absolute atomic E-state index is 13.6. The molecule has 0 aromatic heterocycles. The van der Waals surface area contributed by atoms with E-state index in [1.54, 1.807) is 0 Å². The van der Waals surface area contributed by atoms with Gasteiger partial charge >= 0.3 is 12.6 Å². The molecule has 0 atom stereocenters. The molecule has 9 heteroatoms. The van der Waals surface area contributed by atoms with Gasteiger partial charge in [0, 0.05) is 6.07 Å². The first-order valence-corrected chi connectivity index (χ1v) is 4.45. The Balaban J connectivity index is 3.30. The zero-order valence-corrected chi connectivity index (χ0v) is 8.60. The fourth-order valence-electron chi connectivity index (χ4n) is 1.27. The van der Waals surface area contributed by atoms with Crippen LogP contribution in [0.4, 0.5) is 18.9 Å². The number of carbonyl (C=O) groups is 1. The highest BCUT2D eigenvalue weighted by atomic mass is 19.3. The number of alkyl halides is 2. The van der Waals surface area contributed by atoms with Gasteiger partial charge in [0.1, 0.15) is 0 Å². The molecular formula is C9H6F3NO5. The minimum atomic E-state index is -3.32. The van der Waals surface area contributed by atoms with Crippen LogP contribution >= 0.6 is 0 Å². The van der Waals surface area contributed by atoms with Gasteiger partial charge in [0.2, 0.25) is 0 Å². The Morgan fingerprint density at radius 2 is 2.11 bits per heavy atom. The standard InChI is InChI=1S/C9H6F3NO5/c10-8-4(3-7(14)15)5(13(16)17)1-2-6(8)18-9(11)12/h1-2,9H,3H2,(H,14,15). The molecule has 0 unspecified atom stereocenters. The van der Waals surface area contributed by atoms with Gasteiger partial charge in [-0.2, -0.15) is 8.78 Å². The van der Waals surface area contributed by atoms with Crippen LogP contribution in [0, 0.1) is 15.9 Å². The average Bonchev–Trinajstić information content (AvgIpc) is 2.22. The van der Waals surface area contributed by atoms with Crippen LogP contribution in [0.15, 0.2) is 12.1 Å². The lowest BCUT2D eigenvalue weighted by atomic mass is 10.1. The van der Waals surface area contributed by atoms with Crippen molar-refractivity contribution < 1.29 is 32.7 Å². The number of nitro benzene ring substituents is 1. The highest BCUT2D eigenvalue weighted by Crippen LogP contribution is 2.30. The van der Waals surface area contributed by atoms with E-state index in [9.17, 15) is 28.1 Å². The molecule has 0 saturated carbocycles. The molecule has 0 saturated heterocycles. The van der Waals surface area contributed by atoms with Crippen LogP contribution in [0.25, 0.3) is 0 Å². The number of nitrogens with zero attached hydrogens (tertiary/aromatic N) is 1. The van der Waals surface area contributed by atoms with Crippen LogP contribution < -0.4 is 4.74 Å². The van der Waals surface area contributed by atoms with E-state index >= 15 is 0 Å². The van der Waals surface area contributed by atoms with Crippen molar-refractivity contribution in [3.63, 3.8) is 0 Å². The Hall–Kier alpha value is -2.32. The van der Waals surface area contributed by atoms with Gasteiger partial charge in [0.25, 0.3) is 5.69 Å². The molecule has 18 heavy (non-hydrogen) atoms. The van der Waals surface area contributed by atoms with Crippen LogP contribution in [0.5, 0.6) is 5.75 Å². The molecule has 0 aliphatic carbocycles. The minimum Gasteiger partial charge on any atom is -0.481 e. The van der Waals surface area contributed by atoms with Gasteiger partial charge in [0.15, 0.2) is 11.6 Å². The first kappa shape index (κ1) is 13.7. The summed E-state index contributed by atoms with van der Waals surface area (Å²) in [5.41, 5.74) is -1.62. The smallest absolute Gasteiger partial charge is 0.387 e. The van der Waals surface area contributed by atoms with E-state index in [0.717, 1.165) is 0 Å². The SMILES string of the molecule is O=C(O)Cc1c([N+](=O)[O-])ccc(OC(F)F)c1F. The zero-order valence-electron chi connectivity index (χ0n) is 8.60. The summed E-state index contributed by atoms with van der Waals surface area (Å²) in [4.78, 5) is 20.0. The summed E-state index contributed by atoms with van der Waals surface area (Å²) >= 11 is 0. The van der Waals surface area contributed by atoms with Gasteiger partial charge in [-0.1, -0.05) is 0 Å². The van der Waals surface area contributed by atoms with Crippen molar-refractivity contribution in [1.29, 1.82) is 0 Å². The molecule has 1 N–H and O–H groups in total. The number of hydrogen-bond donors (Lipinski definition) is 1. The molecule has 1 rings (SSSR count). The van der Waals surface area contributed by atoms with Crippen LogP contribution in [0.1, 0.15) is 5.56 Å². The number of benzene rings is 1. The topological polar surface area (TPSA) is 89.7 Å². The third kappa shape index (κ3) is 3.09.